The van der Waals surface area contributed by atoms with Crippen molar-refractivity contribution in [1.29, 1.82) is 0 Å². The number of rotatable bonds is 6. The predicted octanol–water partition coefficient (Wildman–Crippen LogP) is 3.58. The Hall–Kier alpha value is -2.93. The minimum Gasteiger partial charge on any atom is -0.360 e. The van der Waals surface area contributed by atoms with Crippen LogP contribution in [0.5, 0.6) is 0 Å². The van der Waals surface area contributed by atoms with E-state index >= 15 is 0 Å². The number of imidazole rings is 1. The smallest absolute Gasteiger partial charge is 0.228 e. The third-order valence-electron chi connectivity index (χ3n) is 5.46. The number of aryl methyl sites for hydroxylation is 2. The molecular weight excluding hydrogens is 366 g/mol. The van der Waals surface area contributed by atoms with Gasteiger partial charge in [-0.25, -0.2) is 4.98 Å². The van der Waals surface area contributed by atoms with Gasteiger partial charge >= 0.3 is 0 Å². The zero-order valence-electron chi connectivity index (χ0n) is 17.0. The van der Waals surface area contributed by atoms with Crippen LogP contribution in [0.2, 0.25) is 0 Å². The summed E-state index contributed by atoms with van der Waals surface area (Å²) in [6.45, 7) is 6.44. The maximum atomic E-state index is 12.8. The number of hydrogen-bond donors (Lipinski definition) is 1. The molecule has 152 valence electrons. The predicted molar refractivity (Wildman–Crippen MR) is 111 cm³/mol. The number of amides is 1. The SMILES string of the molecule is CCc1cc(CN2CCC[C@H](C(=O)Nc3ccc(-n4ccnc4C)cc3)C2)on1. The van der Waals surface area contributed by atoms with Crippen molar-refractivity contribution in [3.05, 3.63) is 60.0 Å². The van der Waals surface area contributed by atoms with Crippen molar-refractivity contribution < 1.29 is 9.32 Å². The summed E-state index contributed by atoms with van der Waals surface area (Å²) >= 11 is 0. The quantitative estimate of drug-likeness (QED) is 0.693. The Morgan fingerprint density at radius 2 is 2.14 bits per heavy atom. The molecule has 1 saturated heterocycles. The average Bonchev–Trinajstić information content (AvgIpc) is 3.37. The second-order valence-corrected chi connectivity index (χ2v) is 7.59. The van der Waals surface area contributed by atoms with E-state index in [4.69, 9.17) is 4.52 Å². The molecule has 0 aliphatic carbocycles. The highest BCUT2D eigenvalue weighted by Crippen LogP contribution is 2.22. The van der Waals surface area contributed by atoms with Crippen molar-refractivity contribution in [3.63, 3.8) is 0 Å². The van der Waals surface area contributed by atoms with Crippen LogP contribution in [0.25, 0.3) is 5.69 Å². The van der Waals surface area contributed by atoms with E-state index in [2.05, 4.69) is 27.3 Å². The van der Waals surface area contributed by atoms with Crippen LogP contribution in [0.4, 0.5) is 5.69 Å². The molecule has 2 aromatic heterocycles. The van der Waals surface area contributed by atoms with E-state index in [1.54, 1.807) is 6.20 Å². The van der Waals surface area contributed by atoms with E-state index < -0.39 is 0 Å². The highest BCUT2D eigenvalue weighted by atomic mass is 16.5. The Kier molecular flexibility index (Phi) is 5.76. The summed E-state index contributed by atoms with van der Waals surface area (Å²) in [6, 6.07) is 9.87. The zero-order valence-corrected chi connectivity index (χ0v) is 17.0. The third kappa shape index (κ3) is 4.56. The molecule has 29 heavy (non-hydrogen) atoms. The summed E-state index contributed by atoms with van der Waals surface area (Å²) in [5.41, 5.74) is 2.82. The Morgan fingerprint density at radius 1 is 1.31 bits per heavy atom. The van der Waals surface area contributed by atoms with Gasteiger partial charge in [0.15, 0.2) is 5.76 Å². The van der Waals surface area contributed by atoms with Crippen molar-refractivity contribution in [2.24, 2.45) is 5.92 Å². The van der Waals surface area contributed by atoms with Crippen molar-refractivity contribution in [2.45, 2.75) is 39.7 Å². The third-order valence-corrected chi connectivity index (χ3v) is 5.46. The molecule has 4 rings (SSSR count). The lowest BCUT2D eigenvalue weighted by molar-refractivity contribution is -0.121. The molecule has 0 radical (unpaired) electrons. The molecule has 1 amide bonds. The molecular formula is C22H27N5O2. The lowest BCUT2D eigenvalue weighted by atomic mass is 9.97. The first kappa shape index (κ1) is 19.4. The molecule has 1 aliphatic heterocycles. The van der Waals surface area contributed by atoms with E-state index in [9.17, 15) is 4.79 Å². The Labute approximate surface area is 170 Å². The van der Waals surface area contributed by atoms with Crippen LogP contribution in [0.15, 0.2) is 47.2 Å². The molecule has 0 bridgehead atoms. The van der Waals surface area contributed by atoms with Gasteiger partial charge in [-0.15, -0.1) is 0 Å². The molecule has 1 aliphatic rings. The number of piperidine rings is 1. The van der Waals surface area contributed by atoms with E-state index in [0.29, 0.717) is 6.54 Å². The molecule has 1 atom stereocenters. The van der Waals surface area contributed by atoms with Crippen molar-refractivity contribution in [3.8, 4) is 5.69 Å². The van der Waals surface area contributed by atoms with Crippen LogP contribution in [0.3, 0.4) is 0 Å². The first-order valence-corrected chi connectivity index (χ1v) is 10.2. The molecule has 1 aromatic carbocycles. The van der Waals surface area contributed by atoms with Crippen LogP contribution in [0.1, 0.15) is 37.0 Å². The second-order valence-electron chi connectivity index (χ2n) is 7.59. The first-order chi connectivity index (χ1) is 14.1. The van der Waals surface area contributed by atoms with Crippen molar-refractivity contribution >= 4 is 11.6 Å². The molecule has 3 aromatic rings. The number of carbonyl (C=O) groups is 1. The van der Waals surface area contributed by atoms with Crippen LogP contribution in [-0.2, 0) is 17.8 Å². The van der Waals surface area contributed by atoms with E-state index in [-0.39, 0.29) is 11.8 Å². The Balaban J connectivity index is 1.34. The van der Waals surface area contributed by atoms with Crippen molar-refractivity contribution in [1.82, 2.24) is 19.6 Å². The van der Waals surface area contributed by atoms with Crippen LogP contribution < -0.4 is 5.32 Å². The van der Waals surface area contributed by atoms with Gasteiger partial charge in [-0.3, -0.25) is 9.69 Å². The van der Waals surface area contributed by atoms with E-state index in [1.807, 2.05) is 48.0 Å². The van der Waals surface area contributed by atoms with Gasteiger partial charge in [-0.05, 0) is 57.0 Å². The number of benzene rings is 1. The van der Waals surface area contributed by atoms with Crippen LogP contribution in [-0.4, -0.2) is 38.6 Å². The maximum Gasteiger partial charge on any atom is 0.228 e. The van der Waals surface area contributed by atoms with Gasteiger partial charge in [0.05, 0.1) is 18.2 Å². The first-order valence-electron chi connectivity index (χ1n) is 10.2. The highest BCUT2D eigenvalue weighted by molar-refractivity contribution is 5.92. The molecule has 0 saturated carbocycles. The minimum absolute atomic E-state index is 0.0205. The number of aromatic nitrogens is 3. The molecule has 0 unspecified atom stereocenters. The molecule has 3 heterocycles. The maximum absolute atomic E-state index is 12.8. The Morgan fingerprint density at radius 3 is 2.83 bits per heavy atom. The summed E-state index contributed by atoms with van der Waals surface area (Å²) in [4.78, 5) is 19.3. The van der Waals surface area contributed by atoms with Gasteiger partial charge in [-0.1, -0.05) is 12.1 Å². The number of nitrogens with zero attached hydrogens (tertiary/aromatic N) is 4. The zero-order chi connectivity index (χ0) is 20.2. The van der Waals surface area contributed by atoms with Gasteiger partial charge in [0.2, 0.25) is 5.91 Å². The topological polar surface area (TPSA) is 76.2 Å². The molecule has 7 heteroatoms. The van der Waals surface area contributed by atoms with E-state index in [0.717, 1.165) is 61.0 Å². The fourth-order valence-corrected chi connectivity index (χ4v) is 3.83. The number of likely N-dealkylation sites (tertiary alicyclic amines) is 1. The number of anilines is 1. The fraction of sp³-hybridized carbons (Fsp3) is 0.409. The molecule has 1 fully saturated rings. The van der Waals surface area contributed by atoms with Gasteiger partial charge in [0.25, 0.3) is 0 Å². The lowest BCUT2D eigenvalue weighted by Gasteiger charge is -2.31. The summed E-state index contributed by atoms with van der Waals surface area (Å²) in [5, 5.41) is 7.12. The van der Waals surface area contributed by atoms with E-state index in [1.165, 1.54) is 0 Å². The summed E-state index contributed by atoms with van der Waals surface area (Å²) in [6.07, 6.45) is 6.49. The lowest BCUT2D eigenvalue weighted by Crippen LogP contribution is -2.40. The molecule has 0 spiro atoms. The second kappa shape index (κ2) is 8.61. The fourth-order valence-electron chi connectivity index (χ4n) is 3.83. The van der Waals surface area contributed by atoms with Crippen LogP contribution in [0, 0.1) is 12.8 Å². The molecule has 1 N–H and O–H groups in total. The monoisotopic (exact) mass is 393 g/mol. The van der Waals surface area contributed by atoms with Crippen molar-refractivity contribution in [2.75, 3.05) is 18.4 Å². The largest absolute Gasteiger partial charge is 0.360 e. The molecule has 7 nitrogen and oxygen atoms in total. The number of hydrogen-bond acceptors (Lipinski definition) is 5. The van der Waals surface area contributed by atoms with Gasteiger partial charge in [-0.2, -0.15) is 0 Å². The van der Waals surface area contributed by atoms with Gasteiger partial charge < -0.3 is 14.4 Å². The summed E-state index contributed by atoms with van der Waals surface area (Å²) in [5.74, 6) is 1.86. The number of carbonyl (C=O) groups excluding carboxylic acids is 1. The van der Waals surface area contributed by atoms with Gasteiger partial charge in [0, 0.05) is 36.4 Å². The highest BCUT2D eigenvalue weighted by Gasteiger charge is 2.26. The standard InChI is InChI=1S/C22H27N5O2/c1-3-18-13-21(29-25-18)15-26-11-4-5-17(14-26)22(28)24-19-6-8-20(9-7-19)27-12-10-23-16(27)2/h6-10,12-13,17H,3-5,11,14-15H2,1-2H3,(H,24,28)/t17-/m0/s1. The minimum atomic E-state index is -0.0205. The number of nitrogens with one attached hydrogen (secondary N) is 1. The summed E-state index contributed by atoms with van der Waals surface area (Å²) < 4.78 is 7.41. The van der Waals surface area contributed by atoms with Crippen LogP contribution >= 0.6 is 0 Å². The van der Waals surface area contributed by atoms with Gasteiger partial charge in [0.1, 0.15) is 5.82 Å². The normalized spacial score (nSPS) is 17.4. The average molecular weight is 393 g/mol. The summed E-state index contributed by atoms with van der Waals surface area (Å²) in [7, 11) is 0. The Bertz CT molecular complexity index is 960.